The summed E-state index contributed by atoms with van der Waals surface area (Å²) in [6.45, 7) is 5.19. The van der Waals surface area contributed by atoms with Crippen LogP contribution >= 0.6 is 0 Å². The molecule has 46 heavy (non-hydrogen) atoms. The van der Waals surface area contributed by atoms with E-state index < -0.39 is 18.9 Å². The average molecular weight is 631 g/mol. The van der Waals surface area contributed by atoms with E-state index in [0.29, 0.717) is 39.9 Å². The van der Waals surface area contributed by atoms with Crippen molar-refractivity contribution in [2.75, 3.05) is 18.2 Å². The van der Waals surface area contributed by atoms with Crippen LogP contribution in [0.2, 0.25) is 0 Å². The summed E-state index contributed by atoms with van der Waals surface area (Å²) in [6, 6.07) is 11.1. The van der Waals surface area contributed by atoms with Crippen molar-refractivity contribution in [2.24, 2.45) is 0 Å². The summed E-state index contributed by atoms with van der Waals surface area (Å²) in [5, 5.41) is 18.8. The number of fused-ring (bicyclic) bond motifs is 1. The van der Waals surface area contributed by atoms with E-state index in [1.54, 1.807) is 50.4 Å². The normalized spacial score (nSPS) is 12.3. The molecule has 4 aromatic rings. The van der Waals surface area contributed by atoms with E-state index in [9.17, 15) is 19.2 Å². The van der Waals surface area contributed by atoms with Crippen LogP contribution in [0.5, 0.6) is 5.75 Å². The van der Waals surface area contributed by atoms with Gasteiger partial charge >= 0.3 is 12.1 Å². The minimum atomic E-state index is -0.948. The SMILES string of the molecule is CCCNC(=O)c1ccc(C)c(N(C(=O)OCOC(=O)Cc2ccc(OO)cc2)c2ncnn3cc(C(=O)NC4CC4)c(C)c23)c1. The molecular weight excluding hydrogens is 596 g/mol. The predicted octanol–water partition coefficient (Wildman–Crippen LogP) is 4.25. The van der Waals surface area contributed by atoms with E-state index in [4.69, 9.17) is 14.7 Å². The Morgan fingerprint density at radius 2 is 1.80 bits per heavy atom. The number of benzene rings is 2. The maximum absolute atomic E-state index is 13.8. The molecule has 1 aliphatic rings. The second-order valence-corrected chi connectivity index (χ2v) is 10.8. The van der Waals surface area contributed by atoms with E-state index >= 15 is 0 Å². The van der Waals surface area contributed by atoms with Gasteiger partial charge in [0.2, 0.25) is 6.79 Å². The molecule has 1 saturated carbocycles. The van der Waals surface area contributed by atoms with Crippen molar-refractivity contribution in [1.82, 2.24) is 25.2 Å². The van der Waals surface area contributed by atoms with Crippen LogP contribution in [0.25, 0.3) is 5.52 Å². The summed E-state index contributed by atoms with van der Waals surface area (Å²) >= 11 is 0. The van der Waals surface area contributed by atoms with Crippen molar-refractivity contribution in [3.05, 3.63) is 82.8 Å². The zero-order valence-corrected chi connectivity index (χ0v) is 25.6. The van der Waals surface area contributed by atoms with Gasteiger partial charge in [-0.2, -0.15) is 5.10 Å². The number of anilines is 2. The Bertz CT molecular complexity index is 1770. The first-order chi connectivity index (χ1) is 22.2. The Kier molecular flexibility index (Phi) is 9.76. The van der Waals surface area contributed by atoms with Gasteiger partial charge in [0, 0.05) is 24.3 Å². The first-order valence-corrected chi connectivity index (χ1v) is 14.8. The fraction of sp³-hybridized carbons (Fsp3) is 0.312. The van der Waals surface area contributed by atoms with Crippen LogP contribution < -0.4 is 20.4 Å². The molecule has 0 aliphatic heterocycles. The van der Waals surface area contributed by atoms with Gasteiger partial charge in [-0.3, -0.25) is 14.4 Å². The summed E-state index contributed by atoms with van der Waals surface area (Å²) in [4.78, 5) is 61.9. The molecule has 1 fully saturated rings. The fourth-order valence-corrected chi connectivity index (χ4v) is 4.75. The van der Waals surface area contributed by atoms with Gasteiger partial charge in [-0.15, -0.1) is 0 Å². The minimum Gasteiger partial charge on any atom is -0.428 e. The van der Waals surface area contributed by atoms with Gasteiger partial charge in [-0.25, -0.2) is 24.5 Å². The number of aromatic nitrogens is 3. The van der Waals surface area contributed by atoms with E-state index in [1.165, 1.54) is 27.9 Å². The first-order valence-electron chi connectivity index (χ1n) is 14.8. The number of carbonyl (C=O) groups is 4. The molecule has 2 aromatic heterocycles. The third-order valence-corrected chi connectivity index (χ3v) is 7.39. The van der Waals surface area contributed by atoms with Crippen LogP contribution in [0.1, 0.15) is 63.6 Å². The highest BCUT2D eigenvalue weighted by Gasteiger charge is 2.30. The van der Waals surface area contributed by atoms with Gasteiger partial charge in [0.25, 0.3) is 11.8 Å². The Labute approximate surface area is 264 Å². The van der Waals surface area contributed by atoms with Crippen molar-refractivity contribution in [3.8, 4) is 5.75 Å². The monoisotopic (exact) mass is 630 g/mol. The summed E-state index contributed by atoms with van der Waals surface area (Å²) < 4.78 is 12.1. The molecule has 14 heteroatoms. The number of hydrogen-bond donors (Lipinski definition) is 3. The largest absolute Gasteiger partial charge is 0.428 e. The maximum Gasteiger partial charge on any atom is 0.423 e. The number of ether oxygens (including phenoxy) is 2. The summed E-state index contributed by atoms with van der Waals surface area (Å²) in [6.07, 6.45) is 4.32. The molecule has 240 valence electrons. The van der Waals surface area contributed by atoms with Gasteiger partial charge in [-0.05, 0) is 74.1 Å². The Morgan fingerprint density at radius 1 is 1.04 bits per heavy atom. The molecule has 14 nitrogen and oxygen atoms in total. The highest BCUT2D eigenvalue weighted by molar-refractivity contribution is 6.05. The number of carbonyl (C=O) groups excluding carboxylic acids is 4. The van der Waals surface area contributed by atoms with Gasteiger partial charge in [-0.1, -0.05) is 25.1 Å². The van der Waals surface area contributed by atoms with E-state index in [-0.39, 0.29) is 41.5 Å². The summed E-state index contributed by atoms with van der Waals surface area (Å²) in [5.74, 6) is -0.951. The molecule has 1 aliphatic carbocycles. The zero-order valence-electron chi connectivity index (χ0n) is 25.6. The van der Waals surface area contributed by atoms with E-state index in [1.807, 2.05) is 6.92 Å². The second-order valence-electron chi connectivity index (χ2n) is 10.8. The van der Waals surface area contributed by atoms with Crippen molar-refractivity contribution in [3.63, 3.8) is 0 Å². The van der Waals surface area contributed by atoms with E-state index in [0.717, 1.165) is 19.3 Å². The number of nitrogens with one attached hydrogen (secondary N) is 2. The van der Waals surface area contributed by atoms with Crippen molar-refractivity contribution < 1.29 is 38.8 Å². The molecule has 0 radical (unpaired) electrons. The number of nitrogens with zero attached hydrogens (tertiary/aromatic N) is 4. The Balaban J connectivity index is 1.45. The predicted molar refractivity (Wildman–Crippen MR) is 165 cm³/mol. The Hall–Kier alpha value is -5.50. The molecule has 3 N–H and O–H groups in total. The van der Waals surface area contributed by atoms with Crippen LogP contribution in [-0.4, -0.2) is 63.1 Å². The number of aryl methyl sites for hydroxylation is 2. The lowest BCUT2D eigenvalue weighted by Crippen LogP contribution is -2.31. The highest BCUT2D eigenvalue weighted by Crippen LogP contribution is 2.34. The number of amides is 3. The third-order valence-electron chi connectivity index (χ3n) is 7.39. The lowest BCUT2D eigenvalue weighted by Gasteiger charge is -2.24. The zero-order chi connectivity index (χ0) is 32.8. The lowest BCUT2D eigenvalue weighted by molar-refractivity contribution is -0.150. The number of hydrogen-bond acceptors (Lipinski definition) is 10. The van der Waals surface area contributed by atoms with Crippen LogP contribution in [0, 0.1) is 13.8 Å². The Morgan fingerprint density at radius 3 is 2.50 bits per heavy atom. The molecule has 0 spiro atoms. The topological polar surface area (TPSA) is 174 Å². The van der Waals surface area contributed by atoms with Crippen LogP contribution in [0.3, 0.4) is 0 Å². The third kappa shape index (κ3) is 7.24. The molecule has 0 atom stereocenters. The molecular formula is C32H34N6O8. The number of esters is 1. The molecule has 2 aromatic carbocycles. The standard InChI is InChI=1S/C32H34N6O8/c1-4-13-33-30(40)22-8-5-19(2)26(15-22)38(32(42)45-18-44-27(39)14-21-6-11-24(46-43)12-7-21)29-28-20(3)25(16-37(28)35-17-34-29)31(41)36-23-9-10-23/h5-8,11-12,15-17,23,43H,4,9-10,13-14,18H2,1-3H3,(H,33,40)(H,36,41). The average Bonchev–Trinajstić information content (AvgIpc) is 3.80. The molecule has 2 heterocycles. The first kappa shape index (κ1) is 31.9. The number of rotatable bonds is 12. The summed E-state index contributed by atoms with van der Waals surface area (Å²) in [5.41, 5.74) is 3.07. The molecule has 3 amide bonds. The van der Waals surface area contributed by atoms with E-state index in [2.05, 4.69) is 25.6 Å². The molecule has 0 saturated heterocycles. The smallest absolute Gasteiger partial charge is 0.423 e. The fourth-order valence-electron chi connectivity index (χ4n) is 4.75. The van der Waals surface area contributed by atoms with Crippen molar-refractivity contribution >= 4 is 40.9 Å². The quantitative estimate of drug-likeness (QED) is 0.0889. The van der Waals surface area contributed by atoms with Crippen LogP contribution in [0.15, 0.2) is 55.0 Å². The van der Waals surface area contributed by atoms with Crippen LogP contribution in [0.4, 0.5) is 16.3 Å². The lowest BCUT2D eigenvalue weighted by atomic mass is 10.1. The van der Waals surface area contributed by atoms with Gasteiger partial charge in [0.1, 0.15) is 11.8 Å². The summed E-state index contributed by atoms with van der Waals surface area (Å²) in [7, 11) is 0. The van der Waals surface area contributed by atoms with Crippen LogP contribution in [-0.2, 0) is 20.7 Å². The van der Waals surface area contributed by atoms with Gasteiger partial charge in [0.15, 0.2) is 11.6 Å². The van der Waals surface area contributed by atoms with Gasteiger partial charge in [0.05, 0.1) is 17.7 Å². The van der Waals surface area contributed by atoms with Crippen molar-refractivity contribution in [2.45, 2.75) is 52.5 Å². The van der Waals surface area contributed by atoms with Crippen molar-refractivity contribution in [1.29, 1.82) is 0 Å². The molecule has 0 bridgehead atoms. The second kappa shape index (κ2) is 14.1. The minimum absolute atomic E-state index is 0.0923. The molecule has 5 rings (SSSR count). The highest BCUT2D eigenvalue weighted by atomic mass is 17.1. The maximum atomic E-state index is 13.8. The van der Waals surface area contributed by atoms with Gasteiger partial charge < -0.3 is 25.0 Å². The molecule has 0 unspecified atom stereocenters.